The molecule has 7 heteroatoms. The summed E-state index contributed by atoms with van der Waals surface area (Å²) in [6, 6.07) is 6.36. The summed E-state index contributed by atoms with van der Waals surface area (Å²) in [4.78, 5) is 13.3. The number of nitriles is 1. The molecule has 1 saturated heterocycles. The van der Waals surface area contributed by atoms with Crippen molar-refractivity contribution in [2.45, 2.75) is 31.1 Å². The van der Waals surface area contributed by atoms with Crippen LogP contribution in [0.25, 0.3) is 0 Å². The largest absolute Gasteiger partial charge is 0.404 e. The zero-order chi connectivity index (χ0) is 16.3. The molecule has 1 aromatic rings. The highest BCUT2D eigenvalue weighted by Crippen LogP contribution is 2.30. The van der Waals surface area contributed by atoms with Crippen LogP contribution in [0.4, 0.5) is 13.2 Å². The number of likely N-dealkylation sites (tertiary alicyclic amines) is 1. The van der Waals surface area contributed by atoms with Crippen molar-refractivity contribution in [2.75, 3.05) is 13.6 Å². The van der Waals surface area contributed by atoms with Crippen LogP contribution in [-0.2, 0) is 0 Å². The maximum atomic E-state index is 12.8. The summed E-state index contributed by atoms with van der Waals surface area (Å²) < 4.78 is 38.3. The number of hydrogen-bond acceptors (Lipinski definition) is 3. The SMILES string of the molecule is CN1C[C@H](NC(=O)c2cccc(C#N)c2)CC[C@H]1C(F)(F)F. The Balaban J connectivity index is 1.98. The number of hydrogen-bond donors (Lipinski definition) is 1. The lowest BCUT2D eigenvalue weighted by molar-refractivity contribution is -0.188. The summed E-state index contributed by atoms with van der Waals surface area (Å²) in [5.41, 5.74) is 0.699. The third-order valence-electron chi connectivity index (χ3n) is 3.80. The first-order valence-electron chi connectivity index (χ1n) is 6.89. The highest BCUT2D eigenvalue weighted by Gasteiger charge is 2.44. The number of likely N-dealkylation sites (N-methyl/N-ethyl adjacent to an activating group) is 1. The Kier molecular flexibility index (Phi) is 4.71. The van der Waals surface area contributed by atoms with Gasteiger partial charge in [-0.2, -0.15) is 18.4 Å². The van der Waals surface area contributed by atoms with Crippen molar-refractivity contribution in [3.05, 3.63) is 35.4 Å². The number of nitrogens with zero attached hydrogens (tertiary/aromatic N) is 2. The number of nitrogens with one attached hydrogen (secondary N) is 1. The van der Waals surface area contributed by atoms with Crippen LogP contribution >= 0.6 is 0 Å². The maximum absolute atomic E-state index is 12.8. The van der Waals surface area contributed by atoms with Crippen molar-refractivity contribution >= 4 is 5.91 Å². The average molecular weight is 311 g/mol. The first-order chi connectivity index (χ1) is 10.3. The Hall–Kier alpha value is -2.07. The van der Waals surface area contributed by atoms with Gasteiger partial charge in [0.05, 0.1) is 11.6 Å². The Morgan fingerprint density at radius 2 is 2.14 bits per heavy atom. The Bertz CT molecular complexity index is 594. The number of carbonyl (C=O) groups is 1. The van der Waals surface area contributed by atoms with Gasteiger partial charge < -0.3 is 5.32 Å². The molecule has 1 aromatic carbocycles. The zero-order valence-corrected chi connectivity index (χ0v) is 12.0. The van der Waals surface area contributed by atoms with Gasteiger partial charge in [0.15, 0.2) is 0 Å². The summed E-state index contributed by atoms with van der Waals surface area (Å²) in [6.45, 7) is 0.147. The third kappa shape index (κ3) is 3.77. The molecule has 0 aliphatic carbocycles. The van der Waals surface area contributed by atoms with E-state index in [2.05, 4.69) is 5.32 Å². The lowest BCUT2D eigenvalue weighted by Gasteiger charge is -2.38. The minimum Gasteiger partial charge on any atom is -0.348 e. The fraction of sp³-hybridized carbons (Fsp3) is 0.467. The van der Waals surface area contributed by atoms with Gasteiger partial charge in [-0.3, -0.25) is 9.69 Å². The van der Waals surface area contributed by atoms with Crippen LogP contribution in [0.1, 0.15) is 28.8 Å². The quantitative estimate of drug-likeness (QED) is 0.912. The Morgan fingerprint density at radius 1 is 1.41 bits per heavy atom. The molecule has 0 radical (unpaired) electrons. The van der Waals surface area contributed by atoms with Gasteiger partial charge in [0.1, 0.15) is 6.04 Å². The highest BCUT2D eigenvalue weighted by molar-refractivity contribution is 5.94. The van der Waals surface area contributed by atoms with E-state index in [0.717, 1.165) is 0 Å². The first-order valence-corrected chi connectivity index (χ1v) is 6.89. The van der Waals surface area contributed by atoms with Crippen molar-refractivity contribution in [3.63, 3.8) is 0 Å². The topological polar surface area (TPSA) is 56.1 Å². The fourth-order valence-corrected chi connectivity index (χ4v) is 2.68. The molecular weight excluding hydrogens is 295 g/mol. The molecule has 2 atom stereocenters. The van der Waals surface area contributed by atoms with Crippen molar-refractivity contribution in [2.24, 2.45) is 0 Å². The minimum absolute atomic E-state index is 0.0385. The van der Waals surface area contributed by atoms with Gasteiger partial charge in [-0.1, -0.05) is 6.07 Å². The summed E-state index contributed by atoms with van der Waals surface area (Å²) in [5, 5.41) is 11.5. The molecule has 2 rings (SSSR count). The number of alkyl halides is 3. The second-order valence-corrected chi connectivity index (χ2v) is 5.44. The van der Waals surface area contributed by atoms with E-state index in [1.54, 1.807) is 18.2 Å². The molecule has 0 bridgehead atoms. The fourth-order valence-electron chi connectivity index (χ4n) is 2.68. The number of piperidine rings is 1. The number of amides is 1. The molecule has 1 amide bonds. The molecule has 118 valence electrons. The highest BCUT2D eigenvalue weighted by atomic mass is 19.4. The summed E-state index contributed by atoms with van der Waals surface area (Å²) >= 11 is 0. The molecule has 0 aromatic heterocycles. The van der Waals surface area contributed by atoms with Gasteiger partial charge in [0.25, 0.3) is 5.91 Å². The van der Waals surface area contributed by atoms with Gasteiger partial charge in [0, 0.05) is 18.2 Å². The molecule has 1 fully saturated rings. The van der Waals surface area contributed by atoms with E-state index < -0.39 is 12.2 Å². The van der Waals surface area contributed by atoms with E-state index in [1.165, 1.54) is 18.0 Å². The molecule has 0 spiro atoms. The van der Waals surface area contributed by atoms with Crippen LogP contribution in [0.3, 0.4) is 0 Å². The average Bonchev–Trinajstić information content (AvgIpc) is 2.46. The lowest BCUT2D eigenvalue weighted by atomic mass is 9.98. The van der Waals surface area contributed by atoms with E-state index in [1.807, 2.05) is 6.07 Å². The van der Waals surface area contributed by atoms with Crippen LogP contribution in [0.15, 0.2) is 24.3 Å². The molecular formula is C15H16F3N3O. The zero-order valence-electron chi connectivity index (χ0n) is 12.0. The minimum atomic E-state index is -4.25. The number of carbonyl (C=O) groups excluding carboxylic acids is 1. The monoisotopic (exact) mass is 311 g/mol. The van der Waals surface area contributed by atoms with Crippen LogP contribution in [0.5, 0.6) is 0 Å². The number of rotatable bonds is 2. The predicted octanol–water partition coefficient (Wildman–Crippen LogP) is 2.31. The molecule has 22 heavy (non-hydrogen) atoms. The van der Waals surface area contributed by atoms with E-state index in [0.29, 0.717) is 11.1 Å². The molecule has 0 saturated carbocycles. The summed E-state index contributed by atoms with van der Waals surface area (Å²) in [5.74, 6) is -0.374. The van der Waals surface area contributed by atoms with Crippen LogP contribution in [0, 0.1) is 11.3 Å². The normalized spacial score (nSPS) is 22.9. The number of benzene rings is 1. The van der Waals surface area contributed by atoms with E-state index in [-0.39, 0.29) is 31.3 Å². The first kappa shape index (κ1) is 16.3. The second-order valence-electron chi connectivity index (χ2n) is 5.44. The van der Waals surface area contributed by atoms with Crippen molar-refractivity contribution in [1.29, 1.82) is 5.26 Å². The second kappa shape index (κ2) is 6.36. The molecule has 1 aliphatic rings. The lowest BCUT2D eigenvalue weighted by Crippen LogP contribution is -2.54. The molecule has 4 nitrogen and oxygen atoms in total. The van der Waals surface area contributed by atoms with Crippen molar-refractivity contribution in [1.82, 2.24) is 10.2 Å². The van der Waals surface area contributed by atoms with E-state index in [4.69, 9.17) is 5.26 Å². The van der Waals surface area contributed by atoms with Crippen molar-refractivity contribution in [3.8, 4) is 6.07 Å². The number of halogens is 3. The molecule has 1 heterocycles. The van der Waals surface area contributed by atoms with Gasteiger partial charge in [-0.05, 0) is 38.1 Å². The van der Waals surface area contributed by atoms with Crippen LogP contribution < -0.4 is 5.32 Å². The predicted molar refractivity (Wildman–Crippen MR) is 74.1 cm³/mol. The van der Waals surface area contributed by atoms with E-state index in [9.17, 15) is 18.0 Å². The maximum Gasteiger partial charge on any atom is 0.404 e. The Labute approximate surface area is 126 Å². The molecule has 0 unspecified atom stereocenters. The smallest absolute Gasteiger partial charge is 0.348 e. The van der Waals surface area contributed by atoms with Gasteiger partial charge in [0.2, 0.25) is 0 Å². The van der Waals surface area contributed by atoms with Crippen LogP contribution in [0.2, 0.25) is 0 Å². The van der Waals surface area contributed by atoms with Crippen LogP contribution in [-0.4, -0.2) is 42.7 Å². The standard InChI is InChI=1S/C15H16F3N3O/c1-21-9-12(5-6-13(21)15(16,17)18)20-14(22)11-4-2-3-10(7-11)8-19/h2-4,7,12-13H,5-6,9H2,1H3,(H,20,22)/t12-,13+/m1/s1. The third-order valence-corrected chi connectivity index (χ3v) is 3.80. The molecule has 1 aliphatic heterocycles. The summed E-state index contributed by atoms with van der Waals surface area (Å²) in [6.07, 6.45) is -4.01. The van der Waals surface area contributed by atoms with Gasteiger partial charge in [-0.25, -0.2) is 0 Å². The van der Waals surface area contributed by atoms with Gasteiger partial charge >= 0.3 is 6.18 Å². The Morgan fingerprint density at radius 3 is 2.73 bits per heavy atom. The summed E-state index contributed by atoms with van der Waals surface area (Å²) in [7, 11) is 1.41. The van der Waals surface area contributed by atoms with Gasteiger partial charge in [-0.15, -0.1) is 0 Å². The molecule has 1 N–H and O–H groups in total. The van der Waals surface area contributed by atoms with Crippen molar-refractivity contribution < 1.29 is 18.0 Å². The van der Waals surface area contributed by atoms with E-state index >= 15 is 0 Å².